The zero-order valence-electron chi connectivity index (χ0n) is 17.6. The van der Waals surface area contributed by atoms with Gasteiger partial charge in [0.25, 0.3) is 0 Å². The van der Waals surface area contributed by atoms with Crippen molar-refractivity contribution in [3.05, 3.63) is 64.3 Å². The topological polar surface area (TPSA) is 60.8 Å². The van der Waals surface area contributed by atoms with Gasteiger partial charge < -0.3 is 18.9 Å². The number of likely N-dealkylation sites (N-methyl/N-ethyl adjacent to an activating group) is 1. The van der Waals surface area contributed by atoms with E-state index in [0.29, 0.717) is 40.7 Å². The number of aromatic nitrogens is 1. The lowest BCUT2D eigenvalue weighted by molar-refractivity contribution is -0.144. The van der Waals surface area contributed by atoms with Crippen LogP contribution in [0.15, 0.2) is 42.5 Å². The fourth-order valence-electron chi connectivity index (χ4n) is 3.34. The van der Waals surface area contributed by atoms with Crippen molar-refractivity contribution >= 4 is 34.3 Å². The number of hydrogen-bond donors (Lipinski definition) is 0. The molecule has 0 unspecified atom stereocenters. The van der Waals surface area contributed by atoms with Crippen LogP contribution in [0.25, 0.3) is 10.9 Å². The second kappa shape index (κ2) is 9.32. The first-order valence-electron chi connectivity index (χ1n) is 9.59. The fraction of sp³-hybridized carbons (Fsp3) is 0.304. The number of fused-ring (bicyclic) bond motifs is 1. The van der Waals surface area contributed by atoms with Gasteiger partial charge in [-0.2, -0.15) is 0 Å². The van der Waals surface area contributed by atoms with Crippen LogP contribution in [0, 0.1) is 6.92 Å². The van der Waals surface area contributed by atoms with Crippen LogP contribution in [0.1, 0.15) is 21.6 Å². The van der Waals surface area contributed by atoms with Gasteiger partial charge in [0.1, 0.15) is 18.9 Å². The van der Waals surface area contributed by atoms with E-state index in [2.05, 4.69) is 0 Å². The molecule has 6 nitrogen and oxygen atoms in total. The van der Waals surface area contributed by atoms with Crippen LogP contribution in [0.2, 0.25) is 5.02 Å². The Hall–Kier alpha value is -2.83. The highest BCUT2D eigenvalue weighted by molar-refractivity contribution is 6.30. The van der Waals surface area contributed by atoms with Gasteiger partial charge >= 0.3 is 5.97 Å². The quantitative estimate of drug-likeness (QED) is 0.401. The van der Waals surface area contributed by atoms with Crippen LogP contribution in [0.5, 0.6) is 5.75 Å². The molecule has 3 rings (SSSR count). The summed E-state index contributed by atoms with van der Waals surface area (Å²) < 4.78 is 12.5. The third kappa shape index (κ3) is 4.66. The van der Waals surface area contributed by atoms with Crippen molar-refractivity contribution in [3.63, 3.8) is 0 Å². The van der Waals surface area contributed by atoms with Crippen molar-refractivity contribution in [1.29, 1.82) is 0 Å². The van der Waals surface area contributed by atoms with Crippen LogP contribution >= 0.6 is 11.6 Å². The molecule has 0 aliphatic heterocycles. The summed E-state index contributed by atoms with van der Waals surface area (Å²) in [5.41, 5.74) is 2.53. The number of ether oxygens (including phenoxy) is 2. The number of ketones is 1. The highest BCUT2D eigenvalue weighted by Crippen LogP contribution is 2.31. The standard InChI is InChI=1S/C23H25ClN2O4/c1-15-22(23(28)16-5-7-17(24)8-6-16)19-10-9-18(29-4)13-20(19)26(15)14-21(27)30-12-11-25(2)3/h5-10,13H,11-12,14H2,1-4H3. The second-order valence-electron chi connectivity index (χ2n) is 7.29. The first-order valence-corrected chi connectivity index (χ1v) is 9.97. The minimum atomic E-state index is -0.356. The number of hydrogen-bond acceptors (Lipinski definition) is 5. The number of carbonyl (C=O) groups is 2. The average Bonchev–Trinajstić information content (AvgIpc) is 2.98. The third-order valence-electron chi connectivity index (χ3n) is 4.95. The predicted molar refractivity (Wildman–Crippen MR) is 118 cm³/mol. The summed E-state index contributed by atoms with van der Waals surface area (Å²) in [5.74, 6) is 0.164. The maximum atomic E-state index is 13.3. The molecule has 1 aromatic heterocycles. The van der Waals surface area contributed by atoms with Crippen molar-refractivity contribution in [3.8, 4) is 5.75 Å². The monoisotopic (exact) mass is 428 g/mol. The molecule has 0 spiro atoms. The van der Waals surface area contributed by atoms with Gasteiger partial charge in [0.15, 0.2) is 5.78 Å². The highest BCUT2D eigenvalue weighted by Gasteiger charge is 2.23. The second-order valence-corrected chi connectivity index (χ2v) is 7.73. The van der Waals surface area contributed by atoms with E-state index in [0.717, 1.165) is 10.9 Å². The largest absolute Gasteiger partial charge is 0.497 e. The van der Waals surface area contributed by atoms with E-state index in [9.17, 15) is 9.59 Å². The molecule has 0 N–H and O–H groups in total. The molecule has 0 saturated carbocycles. The molecular formula is C23H25ClN2O4. The molecule has 0 aliphatic rings. The van der Waals surface area contributed by atoms with Crippen molar-refractivity contribution in [2.45, 2.75) is 13.5 Å². The van der Waals surface area contributed by atoms with E-state index in [-0.39, 0.29) is 18.3 Å². The van der Waals surface area contributed by atoms with Crippen LogP contribution in [0.4, 0.5) is 0 Å². The fourth-order valence-corrected chi connectivity index (χ4v) is 3.46. The minimum absolute atomic E-state index is 0.0107. The summed E-state index contributed by atoms with van der Waals surface area (Å²) in [6.45, 7) is 2.80. The Morgan fingerprint density at radius 2 is 1.80 bits per heavy atom. The summed E-state index contributed by atoms with van der Waals surface area (Å²) in [4.78, 5) is 27.7. The molecule has 0 aliphatic carbocycles. The van der Waals surface area contributed by atoms with Crippen LogP contribution < -0.4 is 4.74 Å². The number of rotatable bonds is 8. The maximum Gasteiger partial charge on any atom is 0.326 e. The van der Waals surface area contributed by atoms with Crippen molar-refractivity contribution < 1.29 is 19.1 Å². The number of benzene rings is 2. The number of esters is 1. The van der Waals surface area contributed by atoms with Gasteiger partial charge in [-0.1, -0.05) is 11.6 Å². The van der Waals surface area contributed by atoms with Crippen molar-refractivity contribution in [2.75, 3.05) is 34.4 Å². The summed E-state index contributed by atoms with van der Waals surface area (Å²) in [7, 11) is 5.41. The van der Waals surface area contributed by atoms with E-state index >= 15 is 0 Å². The van der Waals surface area contributed by atoms with E-state index < -0.39 is 0 Å². The molecule has 0 fully saturated rings. The Morgan fingerprint density at radius 3 is 2.43 bits per heavy atom. The van der Waals surface area contributed by atoms with Gasteiger partial charge in [-0.05, 0) is 57.4 Å². The molecule has 0 radical (unpaired) electrons. The van der Waals surface area contributed by atoms with Gasteiger partial charge in [-0.25, -0.2) is 0 Å². The summed E-state index contributed by atoms with van der Waals surface area (Å²) in [6, 6.07) is 12.3. The molecule has 7 heteroatoms. The van der Waals surface area contributed by atoms with Gasteiger partial charge in [-0.15, -0.1) is 0 Å². The van der Waals surface area contributed by atoms with Gasteiger partial charge in [0, 0.05) is 34.3 Å². The SMILES string of the molecule is COc1ccc2c(C(=O)c3ccc(Cl)cc3)c(C)n(CC(=O)OCCN(C)C)c2c1. The number of carbonyl (C=O) groups excluding carboxylic acids is 2. The Balaban J connectivity index is 2.01. The summed E-state index contributed by atoms with van der Waals surface area (Å²) in [5, 5.41) is 1.32. The molecule has 0 bridgehead atoms. The predicted octanol–water partition coefficient (Wildman–Crippen LogP) is 3.95. The number of methoxy groups -OCH3 is 1. The normalized spacial score (nSPS) is 11.1. The zero-order valence-corrected chi connectivity index (χ0v) is 18.3. The molecule has 0 atom stereocenters. The van der Waals surface area contributed by atoms with Crippen LogP contribution in [-0.4, -0.2) is 55.6 Å². The molecule has 3 aromatic rings. The maximum absolute atomic E-state index is 13.3. The Kier molecular flexibility index (Phi) is 6.80. The van der Waals surface area contributed by atoms with Crippen LogP contribution in [0.3, 0.4) is 0 Å². The Bertz CT molecular complexity index is 1070. The molecule has 30 heavy (non-hydrogen) atoms. The van der Waals surface area contributed by atoms with E-state index in [4.69, 9.17) is 21.1 Å². The molecule has 1 heterocycles. The Morgan fingerprint density at radius 1 is 1.10 bits per heavy atom. The number of nitrogens with zero attached hydrogens (tertiary/aromatic N) is 2. The van der Waals surface area contributed by atoms with Gasteiger partial charge in [0.05, 0.1) is 18.2 Å². The van der Waals surface area contributed by atoms with Gasteiger partial charge in [0.2, 0.25) is 0 Å². The smallest absolute Gasteiger partial charge is 0.326 e. The first kappa shape index (κ1) is 21.9. The minimum Gasteiger partial charge on any atom is -0.497 e. The molecule has 0 saturated heterocycles. The van der Waals surface area contributed by atoms with E-state index in [1.165, 1.54) is 0 Å². The molecular weight excluding hydrogens is 404 g/mol. The molecule has 0 amide bonds. The van der Waals surface area contributed by atoms with E-state index in [1.54, 1.807) is 42.0 Å². The summed E-state index contributed by atoms with van der Waals surface area (Å²) in [6.07, 6.45) is 0. The van der Waals surface area contributed by atoms with Crippen molar-refractivity contribution in [2.24, 2.45) is 0 Å². The molecule has 158 valence electrons. The first-order chi connectivity index (χ1) is 14.3. The highest BCUT2D eigenvalue weighted by atomic mass is 35.5. The van der Waals surface area contributed by atoms with Gasteiger partial charge in [-0.3, -0.25) is 9.59 Å². The zero-order chi connectivity index (χ0) is 21.8. The van der Waals surface area contributed by atoms with Crippen molar-refractivity contribution in [1.82, 2.24) is 9.47 Å². The Labute approximate surface area is 180 Å². The summed E-state index contributed by atoms with van der Waals surface area (Å²) >= 11 is 5.96. The number of halogens is 1. The lowest BCUT2D eigenvalue weighted by atomic mass is 10.0. The van der Waals surface area contributed by atoms with E-state index in [1.807, 2.05) is 38.1 Å². The lowest BCUT2D eigenvalue weighted by Gasteiger charge is -2.12. The average molecular weight is 429 g/mol. The third-order valence-corrected chi connectivity index (χ3v) is 5.21. The molecule has 2 aromatic carbocycles. The van der Waals surface area contributed by atoms with Crippen LogP contribution in [-0.2, 0) is 16.1 Å². The lowest BCUT2D eigenvalue weighted by Crippen LogP contribution is -2.22.